The average molecular weight is 319 g/mol. The highest BCUT2D eigenvalue weighted by Gasteiger charge is 2.14. The first-order valence-electron chi connectivity index (χ1n) is 6.19. The molecule has 0 fully saturated rings. The van der Waals surface area contributed by atoms with Gasteiger partial charge in [0.15, 0.2) is 0 Å². The number of para-hydroxylation sites is 1. The van der Waals surface area contributed by atoms with Gasteiger partial charge < -0.3 is 0 Å². The van der Waals surface area contributed by atoms with E-state index in [1.165, 1.54) is 6.07 Å². The Hall–Kier alpha value is -2.11. The zero-order chi connectivity index (χ0) is 14.9. The van der Waals surface area contributed by atoms with Gasteiger partial charge in [-0.3, -0.25) is 4.72 Å². The number of fused-ring (bicyclic) bond motifs is 1. The lowest BCUT2D eigenvalue weighted by atomic mass is 10.2. The fourth-order valence-electron chi connectivity index (χ4n) is 1.97. The van der Waals surface area contributed by atoms with Crippen molar-refractivity contribution in [2.45, 2.75) is 4.90 Å². The summed E-state index contributed by atoms with van der Waals surface area (Å²) in [5, 5.41) is 1.09. The minimum absolute atomic E-state index is 0.183. The molecule has 1 N–H and O–H groups in total. The maximum Gasteiger partial charge on any atom is 0.261 e. The molecule has 0 saturated carbocycles. The quantitative estimate of drug-likeness (QED) is 0.749. The lowest BCUT2D eigenvalue weighted by molar-refractivity contribution is 0.601. The standard InChI is InChI=1S/C15H11ClN2O2S/c16-15-9-6-11-10-13(7-8-14(11)17-15)21(19,20)18-12-4-2-1-3-5-12/h1-10,18H. The summed E-state index contributed by atoms with van der Waals surface area (Å²) in [6.07, 6.45) is 0. The van der Waals surface area contributed by atoms with Crippen molar-refractivity contribution < 1.29 is 8.42 Å². The molecule has 3 rings (SSSR count). The molecule has 0 atom stereocenters. The average Bonchev–Trinajstić information content (AvgIpc) is 2.47. The lowest BCUT2D eigenvalue weighted by Gasteiger charge is -2.08. The Morgan fingerprint density at radius 2 is 1.71 bits per heavy atom. The first-order chi connectivity index (χ1) is 10.0. The third-order valence-electron chi connectivity index (χ3n) is 2.96. The van der Waals surface area contributed by atoms with E-state index in [-0.39, 0.29) is 4.90 Å². The summed E-state index contributed by atoms with van der Waals surface area (Å²) >= 11 is 5.81. The van der Waals surface area contributed by atoms with E-state index in [0.29, 0.717) is 16.4 Å². The molecule has 0 spiro atoms. The molecule has 0 amide bonds. The van der Waals surface area contributed by atoms with Gasteiger partial charge >= 0.3 is 0 Å². The zero-order valence-corrected chi connectivity index (χ0v) is 12.4. The first-order valence-corrected chi connectivity index (χ1v) is 8.05. The Balaban J connectivity index is 2.01. The summed E-state index contributed by atoms with van der Waals surface area (Å²) in [7, 11) is -3.63. The van der Waals surface area contributed by atoms with E-state index >= 15 is 0 Å². The SMILES string of the molecule is O=S(=O)(Nc1ccccc1)c1ccc2nc(Cl)ccc2c1. The highest BCUT2D eigenvalue weighted by atomic mass is 35.5. The van der Waals surface area contributed by atoms with Crippen LogP contribution >= 0.6 is 11.6 Å². The first kappa shape index (κ1) is 13.9. The van der Waals surface area contributed by atoms with Crippen molar-refractivity contribution in [2.75, 3.05) is 4.72 Å². The molecule has 0 unspecified atom stereocenters. The molecule has 0 aliphatic heterocycles. The number of hydrogen-bond donors (Lipinski definition) is 1. The number of nitrogens with one attached hydrogen (secondary N) is 1. The number of nitrogens with zero attached hydrogens (tertiary/aromatic N) is 1. The van der Waals surface area contributed by atoms with Gasteiger partial charge in [0.2, 0.25) is 0 Å². The third kappa shape index (κ3) is 2.99. The molecule has 2 aromatic carbocycles. The van der Waals surface area contributed by atoms with Crippen molar-refractivity contribution in [3.63, 3.8) is 0 Å². The molecule has 4 nitrogen and oxygen atoms in total. The van der Waals surface area contributed by atoms with Gasteiger partial charge in [0.05, 0.1) is 10.4 Å². The van der Waals surface area contributed by atoms with E-state index in [2.05, 4.69) is 9.71 Å². The smallest absolute Gasteiger partial charge is 0.261 e. The topological polar surface area (TPSA) is 59.1 Å². The number of rotatable bonds is 3. The van der Waals surface area contributed by atoms with Crippen LogP contribution in [0.5, 0.6) is 0 Å². The van der Waals surface area contributed by atoms with Crippen LogP contribution in [0, 0.1) is 0 Å². The van der Waals surface area contributed by atoms with Crippen LogP contribution in [-0.4, -0.2) is 13.4 Å². The van der Waals surface area contributed by atoms with Crippen LogP contribution in [0.2, 0.25) is 5.15 Å². The second-order valence-electron chi connectivity index (χ2n) is 4.46. The molecule has 1 heterocycles. The van der Waals surface area contributed by atoms with Crippen molar-refractivity contribution in [3.8, 4) is 0 Å². The summed E-state index contributed by atoms with van der Waals surface area (Å²) in [6, 6.07) is 16.8. The second-order valence-corrected chi connectivity index (χ2v) is 6.53. The molecule has 0 aliphatic rings. The second kappa shape index (κ2) is 5.35. The van der Waals surface area contributed by atoms with E-state index in [0.717, 1.165) is 5.39 Å². The van der Waals surface area contributed by atoms with E-state index in [1.54, 1.807) is 48.5 Å². The largest absolute Gasteiger partial charge is 0.280 e. The molecule has 1 aromatic heterocycles. The van der Waals surface area contributed by atoms with Crippen LogP contribution in [0.3, 0.4) is 0 Å². The summed E-state index contributed by atoms with van der Waals surface area (Å²) in [6.45, 7) is 0. The van der Waals surface area contributed by atoms with Gasteiger partial charge in [0, 0.05) is 11.1 Å². The number of aromatic nitrogens is 1. The minimum atomic E-state index is -3.63. The summed E-state index contributed by atoms with van der Waals surface area (Å²) in [4.78, 5) is 4.32. The molecular weight excluding hydrogens is 308 g/mol. The monoisotopic (exact) mass is 318 g/mol. The van der Waals surface area contributed by atoms with Crippen LogP contribution in [0.25, 0.3) is 10.9 Å². The molecule has 0 aliphatic carbocycles. The van der Waals surface area contributed by atoms with E-state index in [1.807, 2.05) is 6.07 Å². The summed E-state index contributed by atoms with van der Waals surface area (Å²) in [5.74, 6) is 0. The van der Waals surface area contributed by atoms with Gasteiger partial charge in [0.25, 0.3) is 10.0 Å². The van der Waals surface area contributed by atoms with Gasteiger partial charge in [-0.15, -0.1) is 0 Å². The highest BCUT2D eigenvalue weighted by molar-refractivity contribution is 7.92. The van der Waals surface area contributed by atoms with Crippen molar-refractivity contribution in [1.29, 1.82) is 0 Å². The van der Waals surface area contributed by atoms with Crippen molar-refractivity contribution in [1.82, 2.24) is 4.98 Å². The maximum absolute atomic E-state index is 12.4. The van der Waals surface area contributed by atoms with E-state index < -0.39 is 10.0 Å². The Kier molecular flexibility index (Phi) is 3.53. The highest BCUT2D eigenvalue weighted by Crippen LogP contribution is 2.21. The van der Waals surface area contributed by atoms with Crippen molar-refractivity contribution >= 4 is 38.2 Å². The molecule has 0 saturated heterocycles. The number of pyridine rings is 1. The fourth-order valence-corrected chi connectivity index (χ4v) is 3.21. The molecule has 0 bridgehead atoms. The van der Waals surface area contributed by atoms with Crippen molar-refractivity contribution in [2.24, 2.45) is 0 Å². The van der Waals surface area contributed by atoms with Crippen LogP contribution in [-0.2, 0) is 10.0 Å². The molecule has 3 aromatic rings. The number of hydrogen-bond acceptors (Lipinski definition) is 3. The Labute approximate surface area is 127 Å². The van der Waals surface area contributed by atoms with Crippen LogP contribution in [0.4, 0.5) is 5.69 Å². The number of benzene rings is 2. The predicted molar refractivity (Wildman–Crippen MR) is 84.0 cm³/mol. The fraction of sp³-hybridized carbons (Fsp3) is 0. The van der Waals surface area contributed by atoms with Crippen LogP contribution in [0.1, 0.15) is 0 Å². The summed E-state index contributed by atoms with van der Waals surface area (Å²) in [5.41, 5.74) is 1.17. The van der Waals surface area contributed by atoms with Gasteiger partial charge in [-0.2, -0.15) is 0 Å². The van der Waals surface area contributed by atoms with E-state index in [4.69, 9.17) is 11.6 Å². The van der Waals surface area contributed by atoms with Gasteiger partial charge in [-0.25, -0.2) is 13.4 Å². The predicted octanol–water partition coefficient (Wildman–Crippen LogP) is 3.69. The maximum atomic E-state index is 12.4. The van der Waals surface area contributed by atoms with Crippen molar-refractivity contribution in [3.05, 3.63) is 65.8 Å². The van der Waals surface area contributed by atoms with Gasteiger partial charge in [-0.1, -0.05) is 29.8 Å². The number of anilines is 1. The van der Waals surface area contributed by atoms with Gasteiger partial charge in [-0.05, 0) is 42.5 Å². The Morgan fingerprint density at radius 3 is 2.48 bits per heavy atom. The molecule has 106 valence electrons. The number of sulfonamides is 1. The van der Waals surface area contributed by atoms with E-state index in [9.17, 15) is 8.42 Å². The Morgan fingerprint density at radius 1 is 0.952 bits per heavy atom. The van der Waals surface area contributed by atoms with Crippen LogP contribution in [0.15, 0.2) is 65.6 Å². The third-order valence-corrected chi connectivity index (χ3v) is 4.55. The molecule has 0 radical (unpaired) electrons. The normalized spacial score (nSPS) is 11.5. The Bertz CT molecular complexity index is 896. The van der Waals surface area contributed by atoms with Gasteiger partial charge in [0.1, 0.15) is 5.15 Å². The number of halogens is 1. The minimum Gasteiger partial charge on any atom is -0.280 e. The lowest BCUT2D eigenvalue weighted by Crippen LogP contribution is -2.12. The molecule has 6 heteroatoms. The zero-order valence-electron chi connectivity index (χ0n) is 10.8. The molecule has 21 heavy (non-hydrogen) atoms. The molecular formula is C15H11ClN2O2S. The summed E-state index contributed by atoms with van der Waals surface area (Å²) < 4.78 is 27.2. The van der Waals surface area contributed by atoms with Crippen LogP contribution < -0.4 is 4.72 Å².